The van der Waals surface area contributed by atoms with Gasteiger partial charge in [0, 0.05) is 37.4 Å². The SMILES string of the molecule is Cc1nc(C)c(CC(=O)N2CCN(S(=O)(=O)c3ccccc3)CC2)c(=O)[nH]1. The fourth-order valence-corrected chi connectivity index (χ4v) is 4.58. The molecule has 1 aromatic heterocycles. The van der Waals surface area contributed by atoms with E-state index in [4.69, 9.17) is 0 Å². The summed E-state index contributed by atoms with van der Waals surface area (Å²) < 4.78 is 26.7. The highest BCUT2D eigenvalue weighted by molar-refractivity contribution is 7.89. The van der Waals surface area contributed by atoms with Gasteiger partial charge in [-0.3, -0.25) is 9.59 Å². The van der Waals surface area contributed by atoms with Crippen LogP contribution in [0.25, 0.3) is 0 Å². The molecular weight excluding hydrogens is 368 g/mol. The smallest absolute Gasteiger partial charge is 0.254 e. The highest BCUT2D eigenvalue weighted by Crippen LogP contribution is 2.17. The van der Waals surface area contributed by atoms with E-state index in [2.05, 4.69) is 9.97 Å². The summed E-state index contributed by atoms with van der Waals surface area (Å²) in [7, 11) is -3.56. The van der Waals surface area contributed by atoms with Crippen molar-refractivity contribution in [2.24, 2.45) is 0 Å². The molecule has 1 aromatic carbocycles. The van der Waals surface area contributed by atoms with Gasteiger partial charge in [0.15, 0.2) is 0 Å². The van der Waals surface area contributed by atoms with Crippen molar-refractivity contribution < 1.29 is 13.2 Å². The molecule has 1 N–H and O–H groups in total. The summed E-state index contributed by atoms with van der Waals surface area (Å²) in [5.74, 6) is 0.305. The third kappa shape index (κ3) is 4.09. The maximum atomic E-state index is 12.6. The van der Waals surface area contributed by atoms with Gasteiger partial charge < -0.3 is 9.88 Å². The number of piperazine rings is 1. The lowest BCUT2D eigenvalue weighted by Crippen LogP contribution is -2.51. The lowest BCUT2D eigenvalue weighted by molar-refractivity contribution is -0.131. The van der Waals surface area contributed by atoms with Crippen LogP contribution in [0.4, 0.5) is 0 Å². The first kappa shape index (κ1) is 19.2. The molecule has 0 aliphatic carbocycles. The number of hydrogen-bond donors (Lipinski definition) is 1. The number of amides is 1. The van der Waals surface area contributed by atoms with E-state index < -0.39 is 10.0 Å². The van der Waals surface area contributed by atoms with Gasteiger partial charge >= 0.3 is 0 Å². The van der Waals surface area contributed by atoms with E-state index in [0.717, 1.165) is 0 Å². The van der Waals surface area contributed by atoms with Gasteiger partial charge in [-0.1, -0.05) is 18.2 Å². The van der Waals surface area contributed by atoms with Gasteiger partial charge in [-0.2, -0.15) is 4.31 Å². The molecule has 0 bridgehead atoms. The first-order chi connectivity index (χ1) is 12.8. The Morgan fingerprint density at radius 2 is 1.74 bits per heavy atom. The van der Waals surface area contributed by atoms with E-state index in [9.17, 15) is 18.0 Å². The monoisotopic (exact) mass is 390 g/mol. The number of benzene rings is 1. The maximum Gasteiger partial charge on any atom is 0.254 e. The van der Waals surface area contributed by atoms with Crippen LogP contribution in [0, 0.1) is 13.8 Å². The number of aromatic nitrogens is 2. The summed E-state index contributed by atoms with van der Waals surface area (Å²) in [5.41, 5.74) is 0.582. The topological polar surface area (TPSA) is 103 Å². The third-order valence-corrected chi connectivity index (χ3v) is 6.55. The number of sulfonamides is 1. The number of hydrogen-bond acceptors (Lipinski definition) is 5. The summed E-state index contributed by atoms with van der Waals surface area (Å²) in [6, 6.07) is 8.25. The molecule has 27 heavy (non-hydrogen) atoms. The first-order valence-electron chi connectivity index (χ1n) is 8.68. The van der Waals surface area contributed by atoms with Crippen LogP contribution in [-0.2, 0) is 21.2 Å². The molecule has 3 rings (SSSR count). The van der Waals surface area contributed by atoms with E-state index in [0.29, 0.717) is 30.2 Å². The second-order valence-electron chi connectivity index (χ2n) is 6.49. The molecule has 0 radical (unpaired) electrons. The normalized spacial score (nSPS) is 15.7. The summed E-state index contributed by atoms with van der Waals surface area (Å²) in [6.07, 6.45) is -0.0418. The van der Waals surface area contributed by atoms with Gasteiger partial charge in [-0.05, 0) is 26.0 Å². The lowest BCUT2D eigenvalue weighted by Gasteiger charge is -2.34. The van der Waals surface area contributed by atoms with Crippen LogP contribution >= 0.6 is 0 Å². The number of carbonyl (C=O) groups is 1. The molecule has 8 nitrogen and oxygen atoms in total. The minimum absolute atomic E-state index is 0.0418. The Balaban J connectivity index is 1.66. The van der Waals surface area contributed by atoms with E-state index in [1.54, 1.807) is 49.1 Å². The standard InChI is InChI=1S/C18H22N4O4S/c1-13-16(18(24)20-14(2)19-13)12-17(23)21-8-10-22(11-9-21)27(25,26)15-6-4-3-5-7-15/h3-7H,8-12H2,1-2H3,(H,19,20,24). The van der Waals surface area contributed by atoms with Gasteiger partial charge in [-0.15, -0.1) is 0 Å². The van der Waals surface area contributed by atoms with Gasteiger partial charge in [0.1, 0.15) is 5.82 Å². The molecule has 1 aliphatic heterocycles. The number of nitrogens with one attached hydrogen (secondary N) is 1. The molecule has 144 valence electrons. The highest BCUT2D eigenvalue weighted by Gasteiger charge is 2.30. The number of H-pyrrole nitrogens is 1. The van der Waals surface area contributed by atoms with Crippen LogP contribution in [0.2, 0.25) is 0 Å². The second-order valence-corrected chi connectivity index (χ2v) is 8.43. The fourth-order valence-electron chi connectivity index (χ4n) is 3.14. The van der Waals surface area contributed by atoms with Crippen molar-refractivity contribution in [3.63, 3.8) is 0 Å². The van der Waals surface area contributed by atoms with Crippen LogP contribution < -0.4 is 5.56 Å². The number of aryl methyl sites for hydroxylation is 2. The second kappa shape index (κ2) is 7.61. The minimum Gasteiger partial charge on any atom is -0.340 e. The average molecular weight is 390 g/mol. The van der Waals surface area contributed by atoms with Crippen molar-refractivity contribution in [2.45, 2.75) is 25.2 Å². The van der Waals surface area contributed by atoms with Crippen molar-refractivity contribution in [3.05, 3.63) is 57.8 Å². The van der Waals surface area contributed by atoms with Crippen molar-refractivity contribution in [1.29, 1.82) is 0 Å². The summed E-state index contributed by atoms with van der Waals surface area (Å²) in [5, 5.41) is 0. The zero-order valence-electron chi connectivity index (χ0n) is 15.3. The third-order valence-electron chi connectivity index (χ3n) is 4.64. The van der Waals surface area contributed by atoms with Crippen LogP contribution in [0.5, 0.6) is 0 Å². The molecule has 1 fully saturated rings. The summed E-state index contributed by atoms with van der Waals surface area (Å²) >= 11 is 0. The highest BCUT2D eigenvalue weighted by atomic mass is 32.2. The van der Waals surface area contributed by atoms with Crippen molar-refractivity contribution in [2.75, 3.05) is 26.2 Å². The summed E-state index contributed by atoms with van der Waals surface area (Å²) in [6.45, 7) is 4.43. The molecule has 1 saturated heterocycles. The van der Waals surface area contributed by atoms with Crippen molar-refractivity contribution in [1.82, 2.24) is 19.2 Å². The lowest BCUT2D eigenvalue weighted by atomic mass is 10.1. The van der Waals surface area contributed by atoms with Gasteiger partial charge in [-0.25, -0.2) is 13.4 Å². The Morgan fingerprint density at radius 3 is 2.33 bits per heavy atom. The Kier molecular flexibility index (Phi) is 5.43. The predicted molar refractivity (Wildman–Crippen MR) is 99.8 cm³/mol. The molecule has 1 aliphatic rings. The summed E-state index contributed by atoms with van der Waals surface area (Å²) in [4.78, 5) is 33.3. The number of nitrogens with zero attached hydrogens (tertiary/aromatic N) is 3. The first-order valence-corrected chi connectivity index (χ1v) is 10.1. The number of carbonyl (C=O) groups excluding carboxylic acids is 1. The van der Waals surface area contributed by atoms with Crippen LogP contribution in [0.15, 0.2) is 40.0 Å². The quantitative estimate of drug-likeness (QED) is 0.817. The van der Waals surface area contributed by atoms with Gasteiger partial charge in [0.05, 0.1) is 11.3 Å². The Bertz CT molecular complexity index is 994. The van der Waals surface area contributed by atoms with Crippen LogP contribution in [-0.4, -0.2) is 59.7 Å². The Hall–Kier alpha value is -2.52. The average Bonchev–Trinajstić information content (AvgIpc) is 2.65. The minimum atomic E-state index is -3.56. The molecule has 2 heterocycles. The Labute approximate surface area is 157 Å². The van der Waals surface area contributed by atoms with E-state index in [1.807, 2.05) is 0 Å². The molecule has 0 spiro atoms. The molecule has 0 saturated carbocycles. The molecular formula is C18H22N4O4S. The molecule has 2 aromatic rings. The number of rotatable bonds is 4. The van der Waals surface area contributed by atoms with Gasteiger partial charge in [0.2, 0.25) is 15.9 Å². The van der Waals surface area contributed by atoms with E-state index in [-0.39, 0.29) is 35.9 Å². The fraction of sp³-hybridized carbons (Fsp3) is 0.389. The van der Waals surface area contributed by atoms with E-state index in [1.165, 1.54) is 4.31 Å². The van der Waals surface area contributed by atoms with Gasteiger partial charge in [0.25, 0.3) is 5.56 Å². The van der Waals surface area contributed by atoms with Crippen LogP contribution in [0.1, 0.15) is 17.1 Å². The molecule has 1 amide bonds. The molecule has 0 unspecified atom stereocenters. The predicted octanol–water partition coefficient (Wildman–Crippen LogP) is 0.462. The Morgan fingerprint density at radius 1 is 1.11 bits per heavy atom. The zero-order valence-corrected chi connectivity index (χ0v) is 16.1. The zero-order chi connectivity index (χ0) is 19.6. The molecule has 9 heteroatoms. The largest absolute Gasteiger partial charge is 0.340 e. The van der Waals surface area contributed by atoms with Crippen molar-refractivity contribution in [3.8, 4) is 0 Å². The molecule has 0 atom stereocenters. The van der Waals surface area contributed by atoms with Crippen molar-refractivity contribution >= 4 is 15.9 Å². The maximum absolute atomic E-state index is 12.6. The van der Waals surface area contributed by atoms with E-state index >= 15 is 0 Å². The van der Waals surface area contributed by atoms with Crippen LogP contribution in [0.3, 0.4) is 0 Å². The number of aromatic amines is 1.